The first-order valence-electron chi connectivity index (χ1n) is 6.03. The Labute approximate surface area is 117 Å². The largest absolute Gasteiger partial charge is 0.497 e. The van der Waals surface area contributed by atoms with Gasteiger partial charge in [0, 0.05) is 0 Å². The monoisotopic (exact) mass is 267 g/mol. The van der Waals surface area contributed by atoms with E-state index in [0.717, 1.165) is 5.56 Å². The molecule has 0 saturated carbocycles. The molecule has 0 aliphatic heterocycles. The third-order valence-electron chi connectivity index (χ3n) is 2.76. The van der Waals surface area contributed by atoms with Crippen LogP contribution in [0.3, 0.4) is 0 Å². The van der Waals surface area contributed by atoms with Crippen LogP contribution < -0.4 is 4.74 Å². The summed E-state index contributed by atoms with van der Waals surface area (Å²) in [6.07, 6.45) is 0. The van der Waals surface area contributed by atoms with Crippen LogP contribution in [0.15, 0.2) is 48.5 Å². The predicted octanol–water partition coefficient (Wildman–Crippen LogP) is 2.92. The molecule has 0 unspecified atom stereocenters. The van der Waals surface area contributed by atoms with Crippen LogP contribution in [0.2, 0.25) is 0 Å². The number of esters is 1. The first-order chi connectivity index (χ1) is 9.72. The average Bonchev–Trinajstić information content (AvgIpc) is 2.53. The maximum Gasteiger partial charge on any atom is 0.338 e. The molecule has 100 valence electrons. The van der Waals surface area contributed by atoms with Gasteiger partial charge in [-0.25, -0.2) is 4.79 Å². The van der Waals surface area contributed by atoms with Gasteiger partial charge in [-0.15, -0.1) is 0 Å². The van der Waals surface area contributed by atoms with Gasteiger partial charge in [0.2, 0.25) is 0 Å². The Morgan fingerprint density at radius 2 is 1.95 bits per heavy atom. The van der Waals surface area contributed by atoms with Gasteiger partial charge < -0.3 is 9.47 Å². The number of hydrogen-bond donors (Lipinski definition) is 0. The lowest BCUT2D eigenvalue weighted by atomic mass is 10.1. The Bertz CT molecular complexity index is 642. The Hall–Kier alpha value is -2.80. The van der Waals surface area contributed by atoms with Crippen molar-refractivity contribution < 1.29 is 14.3 Å². The van der Waals surface area contributed by atoms with Gasteiger partial charge in [0.05, 0.1) is 24.3 Å². The molecule has 20 heavy (non-hydrogen) atoms. The van der Waals surface area contributed by atoms with Gasteiger partial charge in [0.1, 0.15) is 12.4 Å². The van der Waals surface area contributed by atoms with Crippen molar-refractivity contribution in [3.05, 3.63) is 65.2 Å². The van der Waals surface area contributed by atoms with Gasteiger partial charge in [-0.3, -0.25) is 0 Å². The molecule has 2 rings (SSSR count). The SMILES string of the molecule is COc1cccc(C(=O)OCc2ccc(C#N)cc2)c1. The number of carbonyl (C=O) groups is 1. The predicted molar refractivity (Wildman–Crippen MR) is 73.3 cm³/mol. The maximum atomic E-state index is 11.9. The summed E-state index contributed by atoms with van der Waals surface area (Å²) < 4.78 is 10.3. The summed E-state index contributed by atoms with van der Waals surface area (Å²) in [6.45, 7) is 0.168. The van der Waals surface area contributed by atoms with Crippen LogP contribution in [-0.4, -0.2) is 13.1 Å². The van der Waals surface area contributed by atoms with E-state index in [-0.39, 0.29) is 6.61 Å². The molecule has 0 heterocycles. The van der Waals surface area contributed by atoms with Crippen molar-refractivity contribution in [1.82, 2.24) is 0 Å². The average molecular weight is 267 g/mol. The number of ether oxygens (including phenoxy) is 2. The first kappa shape index (κ1) is 13.6. The van der Waals surface area contributed by atoms with Crippen LogP contribution in [0, 0.1) is 11.3 Å². The van der Waals surface area contributed by atoms with Crippen molar-refractivity contribution in [2.45, 2.75) is 6.61 Å². The normalized spacial score (nSPS) is 9.60. The lowest BCUT2D eigenvalue weighted by molar-refractivity contribution is 0.0472. The third kappa shape index (κ3) is 3.36. The highest BCUT2D eigenvalue weighted by Gasteiger charge is 2.08. The van der Waals surface area contributed by atoms with Crippen LogP contribution in [0.25, 0.3) is 0 Å². The molecule has 0 bridgehead atoms. The minimum Gasteiger partial charge on any atom is -0.497 e. The van der Waals surface area contributed by atoms with E-state index >= 15 is 0 Å². The fraction of sp³-hybridized carbons (Fsp3) is 0.125. The van der Waals surface area contributed by atoms with E-state index in [1.54, 1.807) is 55.6 Å². The number of rotatable bonds is 4. The van der Waals surface area contributed by atoms with E-state index in [0.29, 0.717) is 16.9 Å². The topological polar surface area (TPSA) is 59.3 Å². The zero-order valence-electron chi connectivity index (χ0n) is 11.0. The van der Waals surface area contributed by atoms with Gasteiger partial charge in [0.15, 0.2) is 0 Å². The summed E-state index contributed by atoms with van der Waals surface area (Å²) in [5, 5.41) is 8.70. The molecule has 0 aromatic heterocycles. The summed E-state index contributed by atoms with van der Waals surface area (Å²) in [6, 6.07) is 15.7. The molecule has 0 amide bonds. The van der Waals surface area contributed by atoms with Gasteiger partial charge >= 0.3 is 5.97 Å². The maximum absolute atomic E-state index is 11.9. The first-order valence-corrected chi connectivity index (χ1v) is 6.03. The standard InChI is InChI=1S/C16H13NO3/c1-19-15-4-2-3-14(9-15)16(18)20-11-13-7-5-12(10-17)6-8-13/h2-9H,11H2,1H3. The van der Waals surface area contributed by atoms with E-state index < -0.39 is 5.97 Å². The fourth-order valence-electron chi connectivity index (χ4n) is 1.66. The van der Waals surface area contributed by atoms with Crippen molar-refractivity contribution in [2.24, 2.45) is 0 Å². The molecular weight excluding hydrogens is 254 g/mol. The highest BCUT2D eigenvalue weighted by molar-refractivity contribution is 5.89. The molecule has 0 fully saturated rings. The van der Waals surface area contributed by atoms with E-state index in [9.17, 15) is 4.79 Å². The van der Waals surface area contributed by atoms with Crippen molar-refractivity contribution in [3.8, 4) is 11.8 Å². The van der Waals surface area contributed by atoms with E-state index in [1.807, 2.05) is 6.07 Å². The molecule has 0 radical (unpaired) electrons. The molecule has 4 heteroatoms. The third-order valence-corrected chi connectivity index (χ3v) is 2.76. The molecule has 0 aliphatic rings. The number of methoxy groups -OCH3 is 1. The summed E-state index contributed by atoms with van der Waals surface area (Å²) in [5.74, 6) is 0.200. The number of nitriles is 1. The molecule has 4 nitrogen and oxygen atoms in total. The lowest BCUT2D eigenvalue weighted by Crippen LogP contribution is -2.05. The van der Waals surface area contributed by atoms with Gasteiger partial charge in [-0.2, -0.15) is 5.26 Å². The number of carbonyl (C=O) groups excluding carboxylic acids is 1. The second-order valence-electron chi connectivity index (χ2n) is 4.12. The van der Waals surface area contributed by atoms with E-state index in [4.69, 9.17) is 14.7 Å². The van der Waals surface area contributed by atoms with E-state index in [1.165, 1.54) is 0 Å². The molecule has 0 atom stereocenters. The molecule has 0 aliphatic carbocycles. The van der Waals surface area contributed by atoms with Crippen LogP contribution in [0.5, 0.6) is 5.75 Å². The molecule has 0 N–H and O–H groups in total. The van der Waals surface area contributed by atoms with Crippen LogP contribution in [0.1, 0.15) is 21.5 Å². The zero-order valence-corrected chi connectivity index (χ0v) is 11.0. The lowest BCUT2D eigenvalue weighted by Gasteiger charge is -2.06. The number of nitrogens with zero attached hydrogens (tertiary/aromatic N) is 1. The number of hydrogen-bond acceptors (Lipinski definition) is 4. The van der Waals surface area contributed by atoms with Crippen LogP contribution >= 0.6 is 0 Å². The minimum absolute atomic E-state index is 0.168. The van der Waals surface area contributed by atoms with Gasteiger partial charge in [-0.05, 0) is 35.9 Å². The quantitative estimate of drug-likeness (QED) is 0.799. The zero-order chi connectivity index (χ0) is 14.4. The van der Waals surface area contributed by atoms with Crippen LogP contribution in [0.4, 0.5) is 0 Å². The Morgan fingerprint density at radius 1 is 1.20 bits per heavy atom. The molecule has 0 saturated heterocycles. The highest BCUT2D eigenvalue weighted by Crippen LogP contribution is 2.14. The van der Waals surface area contributed by atoms with Gasteiger partial charge in [-0.1, -0.05) is 18.2 Å². The molecular formula is C16H13NO3. The summed E-state index contributed by atoms with van der Waals surface area (Å²) in [7, 11) is 1.54. The van der Waals surface area contributed by atoms with Crippen LogP contribution in [-0.2, 0) is 11.3 Å². The summed E-state index contributed by atoms with van der Waals surface area (Å²) in [5.41, 5.74) is 1.85. The fourth-order valence-corrected chi connectivity index (χ4v) is 1.66. The highest BCUT2D eigenvalue weighted by atomic mass is 16.5. The minimum atomic E-state index is -0.409. The van der Waals surface area contributed by atoms with Gasteiger partial charge in [0.25, 0.3) is 0 Å². The molecule has 2 aromatic carbocycles. The van der Waals surface area contributed by atoms with Crippen molar-refractivity contribution in [2.75, 3.05) is 7.11 Å². The Morgan fingerprint density at radius 3 is 2.60 bits per heavy atom. The second-order valence-corrected chi connectivity index (χ2v) is 4.12. The Kier molecular flexibility index (Phi) is 4.35. The van der Waals surface area contributed by atoms with Crippen molar-refractivity contribution in [1.29, 1.82) is 5.26 Å². The smallest absolute Gasteiger partial charge is 0.338 e. The molecule has 2 aromatic rings. The second kappa shape index (κ2) is 6.39. The summed E-state index contributed by atoms with van der Waals surface area (Å²) >= 11 is 0. The summed E-state index contributed by atoms with van der Waals surface area (Å²) in [4.78, 5) is 11.9. The van der Waals surface area contributed by atoms with Crippen molar-refractivity contribution >= 4 is 5.97 Å². The van der Waals surface area contributed by atoms with E-state index in [2.05, 4.69) is 0 Å². The number of benzene rings is 2. The molecule has 0 spiro atoms. The Balaban J connectivity index is 1.99. The van der Waals surface area contributed by atoms with Crippen molar-refractivity contribution in [3.63, 3.8) is 0 Å².